The first kappa shape index (κ1) is 20.8. The Bertz CT molecular complexity index is 915. The molecule has 0 saturated carbocycles. The van der Waals surface area contributed by atoms with E-state index < -0.39 is 18.0 Å². The molecule has 2 N–H and O–H groups in total. The summed E-state index contributed by atoms with van der Waals surface area (Å²) < 4.78 is 1.58. The van der Waals surface area contributed by atoms with Gasteiger partial charge in [0.1, 0.15) is 12.6 Å². The third-order valence-corrected chi connectivity index (χ3v) is 5.28. The summed E-state index contributed by atoms with van der Waals surface area (Å²) in [4.78, 5) is 40.8. The van der Waals surface area contributed by atoms with E-state index in [9.17, 15) is 24.6 Å². The van der Waals surface area contributed by atoms with Gasteiger partial charge in [-0.15, -0.1) is 0 Å². The molecule has 1 aliphatic rings. The maximum atomic E-state index is 12.2. The first-order valence-corrected chi connectivity index (χ1v) is 9.47. The molecule has 9 nitrogen and oxygen atoms in total. The highest BCUT2D eigenvalue weighted by atomic mass is 16.4. The largest absolute Gasteiger partial charge is 0.480 e. The zero-order valence-electron chi connectivity index (χ0n) is 16.6. The van der Waals surface area contributed by atoms with Crippen LogP contribution in [0.3, 0.4) is 0 Å². The van der Waals surface area contributed by atoms with Crippen molar-refractivity contribution >= 4 is 28.7 Å². The Hall–Kier alpha value is -2.91. The van der Waals surface area contributed by atoms with Crippen LogP contribution in [0.4, 0.5) is 0 Å². The van der Waals surface area contributed by atoms with E-state index in [0.29, 0.717) is 43.8 Å². The lowest BCUT2D eigenvalue weighted by atomic mass is 10.0. The summed E-state index contributed by atoms with van der Waals surface area (Å²) in [5.74, 6) is -1.94. The Morgan fingerprint density at radius 2 is 1.69 bits per heavy atom. The summed E-state index contributed by atoms with van der Waals surface area (Å²) in [7, 11) is 3.43. The number of hydrogen-bond donors (Lipinski definition) is 2. The number of aromatic nitrogens is 1. The molecule has 1 amide bonds. The summed E-state index contributed by atoms with van der Waals surface area (Å²) in [5, 5.41) is 19.9. The van der Waals surface area contributed by atoms with E-state index in [1.165, 1.54) is 0 Å². The van der Waals surface area contributed by atoms with E-state index in [-0.39, 0.29) is 12.5 Å². The van der Waals surface area contributed by atoms with Gasteiger partial charge in [0.2, 0.25) is 5.91 Å². The van der Waals surface area contributed by atoms with Crippen molar-refractivity contribution in [2.24, 2.45) is 0 Å². The molecule has 1 aromatic carbocycles. The molecule has 9 heteroatoms. The van der Waals surface area contributed by atoms with Gasteiger partial charge >= 0.3 is 11.9 Å². The van der Waals surface area contributed by atoms with E-state index in [1.54, 1.807) is 41.9 Å². The maximum Gasteiger partial charge on any atom is 0.325 e. The Morgan fingerprint density at radius 3 is 2.28 bits per heavy atom. The minimum Gasteiger partial charge on any atom is -0.480 e. The highest BCUT2D eigenvalue weighted by Gasteiger charge is 2.33. The summed E-state index contributed by atoms with van der Waals surface area (Å²) >= 11 is 0. The van der Waals surface area contributed by atoms with Crippen LogP contribution in [0.2, 0.25) is 0 Å². The van der Waals surface area contributed by atoms with Crippen molar-refractivity contribution < 1.29 is 24.6 Å². The molecule has 0 bridgehead atoms. The molecule has 156 valence electrons. The third kappa shape index (κ3) is 4.57. The van der Waals surface area contributed by atoms with Crippen molar-refractivity contribution in [1.82, 2.24) is 19.3 Å². The maximum absolute atomic E-state index is 12.2. The van der Waals surface area contributed by atoms with Gasteiger partial charge in [-0.25, -0.2) is 0 Å². The number of rotatable bonds is 7. The number of amides is 1. The van der Waals surface area contributed by atoms with E-state index >= 15 is 0 Å². The number of likely N-dealkylation sites (N-methyl/N-ethyl adjacent to an activating group) is 1. The van der Waals surface area contributed by atoms with E-state index in [4.69, 9.17) is 0 Å². The van der Waals surface area contributed by atoms with E-state index in [2.05, 4.69) is 0 Å². The molecular formula is C20H26N4O5. The molecule has 2 aromatic rings. The third-order valence-electron chi connectivity index (χ3n) is 5.28. The van der Waals surface area contributed by atoms with Gasteiger partial charge in [-0.1, -0.05) is 18.2 Å². The molecule has 0 aliphatic carbocycles. The summed E-state index contributed by atoms with van der Waals surface area (Å²) in [6.45, 7) is 2.30. The zero-order chi connectivity index (χ0) is 21.1. The quantitative estimate of drug-likeness (QED) is 0.697. The fourth-order valence-electron chi connectivity index (χ4n) is 3.77. The second kappa shape index (κ2) is 8.62. The number of piperazine rings is 1. The molecule has 3 rings (SSSR count). The summed E-state index contributed by atoms with van der Waals surface area (Å²) in [6, 6.07) is 6.37. The van der Waals surface area contributed by atoms with Crippen LogP contribution >= 0.6 is 0 Å². The van der Waals surface area contributed by atoms with Gasteiger partial charge < -0.3 is 19.7 Å². The number of para-hydroxylation sites is 1. The Morgan fingerprint density at radius 1 is 1.03 bits per heavy atom. The highest BCUT2D eigenvalue weighted by molar-refractivity contribution is 5.90. The number of hydrogen-bond acceptors (Lipinski definition) is 5. The lowest BCUT2D eigenvalue weighted by Gasteiger charge is -2.37. The van der Waals surface area contributed by atoms with Crippen LogP contribution in [0, 0.1) is 0 Å². The highest BCUT2D eigenvalue weighted by Crippen LogP contribution is 2.31. The van der Waals surface area contributed by atoms with Crippen LogP contribution in [-0.2, 0) is 20.9 Å². The fourth-order valence-corrected chi connectivity index (χ4v) is 3.77. The predicted octanol–water partition coefficient (Wildman–Crippen LogP) is 0.557. The van der Waals surface area contributed by atoms with Crippen LogP contribution in [0.15, 0.2) is 30.5 Å². The van der Waals surface area contributed by atoms with Crippen molar-refractivity contribution in [3.8, 4) is 0 Å². The van der Waals surface area contributed by atoms with Crippen LogP contribution in [0.1, 0.15) is 11.6 Å². The average Bonchev–Trinajstić information content (AvgIpc) is 3.00. The van der Waals surface area contributed by atoms with Gasteiger partial charge in [0.05, 0.1) is 6.54 Å². The number of carboxylic acids is 2. The van der Waals surface area contributed by atoms with Gasteiger partial charge in [-0.3, -0.25) is 24.2 Å². The standard InChI is InChI=1S/C20H26N4O5/c1-21(2)17(25)12-22-7-9-23(10-8-22)19(20(28)29)15-11-24(13-18(26)27)16-6-4-3-5-14(15)16/h3-6,11,19H,7-10,12-13H2,1-2H3,(H,26,27)(H,28,29)/t19-/m0/s1. The molecule has 1 saturated heterocycles. The molecule has 1 aromatic heterocycles. The number of benzene rings is 1. The molecule has 29 heavy (non-hydrogen) atoms. The Kier molecular flexibility index (Phi) is 6.19. The normalized spacial score (nSPS) is 16.6. The topological polar surface area (TPSA) is 106 Å². The molecule has 1 fully saturated rings. The number of carbonyl (C=O) groups excluding carboxylic acids is 1. The summed E-state index contributed by atoms with van der Waals surface area (Å²) in [5.41, 5.74) is 1.29. The lowest BCUT2D eigenvalue weighted by molar-refractivity contribution is -0.145. The van der Waals surface area contributed by atoms with Crippen LogP contribution in [0.5, 0.6) is 0 Å². The number of aliphatic carboxylic acids is 2. The van der Waals surface area contributed by atoms with Crippen LogP contribution < -0.4 is 0 Å². The minimum absolute atomic E-state index is 0.0185. The van der Waals surface area contributed by atoms with Gasteiger partial charge in [0.25, 0.3) is 0 Å². The SMILES string of the molecule is CN(C)C(=O)CN1CCN([C@H](C(=O)O)c2cn(CC(=O)O)c3ccccc23)CC1. The molecule has 0 unspecified atom stereocenters. The molecular weight excluding hydrogens is 376 g/mol. The molecule has 1 aliphatic heterocycles. The molecule has 2 heterocycles. The zero-order valence-corrected chi connectivity index (χ0v) is 16.6. The lowest BCUT2D eigenvalue weighted by Crippen LogP contribution is -2.51. The second-order valence-electron chi connectivity index (χ2n) is 7.46. The van der Waals surface area contributed by atoms with Gasteiger partial charge in [-0.2, -0.15) is 0 Å². The van der Waals surface area contributed by atoms with Crippen LogP contribution in [-0.4, -0.2) is 94.1 Å². The van der Waals surface area contributed by atoms with Gasteiger partial charge in [0.15, 0.2) is 0 Å². The van der Waals surface area contributed by atoms with Gasteiger partial charge in [-0.05, 0) is 6.07 Å². The van der Waals surface area contributed by atoms with Crippen molar-refractivity contribution in [3.05, 3.63) is 36.0 Å². The number of nitrogens with zero attached hydrogens (tertiary/aromatic N) is 4. The van der Waals surface area contributed by atoms with E-state index in [1.807, 2.05) is 21.9 Å². The fraction of sp³-hybridized carbons (Fsp3) is 0.450. The first-order valence-electron chi connectivity index (χ1n) is 9.47. The average molecular weight is 402 g/mol. The predicted molar refractivity (Wildman–Crippen MR) is 107 cm³/mol. The molecule has 0 radical (unpaired) electrons. The van der Waals surface area contributed by atoms with Gasteiger partial charge in [0, 0.05) is 62.9 Å². The van der Waals surface area contributed by atoms with Crippen molar-refractivity contribution in [3.63, 3.8) is 0 Å². The van der Waals surface area contributed by atoms with Crippen molar-refractivity contribution in [2.75, 3.05) is 46.8 Å². The minimum atomic E-state index is -0.983. The monoisotopic (exact) mass is 402 g/mol. The van der Waals surface area contributed by atoms with E-state index in [0.717, 1.165) is 5.39 Å². The molecule has 1 atom stereocenters. The first-order chi connectivity index (χ1) is 13.8. The van der Waals surface area contributed by atoms with Crippen molar-refractivity contribution in [2.45, 2.75) is 12.6 Å². The number of carbonyl (C=O) groups is 3. The number of fused-ring (bicyclic) bond motifs is 1. The number of carboxylic acid groups (broad SMARTS) is 2. The van der Waals surface area contributed by atoms with Crippen LogP contribution in [0.25, 0.3) is 10.9 Å². The molecule has 0 spiro atoms. The summed E-state index contributed by atoms with van der Waals surface area (Å²) in [6.07, 6.45) is 1.64. The smallest absolute Gasteiger partial charge is 0.325 e. The Labute approximate surface area is 168 Å². The second-order valence-corrected chi connectivity index (χ2v) is 7.46. The Balaban J connectivity index is 1.84. The van der Waals surface area contributed by atoms with Crippen molar-refractivity contribution in [1.29, 1.82) is 0 Å².